The molecule has 0 aliphatic rings. The van der Waals surface area contributed by atoms with Crippen LogP contribution < -0.4 is 5.73 Å². The molecule has 84 valence electrons. The van der Waals surface area contributed by atoms with E-state index in [4.69, 9.17) is 17.3 Å². The third-order valence-electron chi connectivity index (χ3n) is 2.52. The number of rotatable bonds is 1. The Labute approximate surface area is 97.7 Å². The summed E-state index contributed by atoms with van der Waals surface area (Å²) in [6, 6.07) is 4.78. The first-order valence-corrected chi connectivity index (χ1v) is 5.12. The number of hydrogen-bond acceptors (Lipinski definition) is 2. The molecule has 1 aromatic heterocycles. The molecule has 0 aliphatic carbocycles. The van der Waals surface area contributed by atoms with Crippen molar-refractivity contribution in [3.05, 3.63) is 34.7 Å². The summed E-state index contributed by atoms with van der Waals surface area (Å²) < 4.78 is 14.8. The van der Waals surface area contributed by atoms with Gasteiger partial charge in [0.25, 0.3) is 0 Å². The first-order valence-electron chi connectivity index (χ1n) is 4.75. The Morgan fingerprint density at radius 3 is 2.62 bits per heavy atom. The topological polar surface area (TPSA) is 43.8 Å². The monoisotopic (exact) mass is 239 g/mol. The molecule has 1 heterocycles. The maximum absolute atomic E-state index is 13.1. The average molecular weight is 240 g/mol. The van der Waals surface area contributed by atoms with E-state index in [2.05, 4.69) is 4.98 Å². The minimum absolute atomic E-state index is 0.241. The lowest BCUT2D eigenvalue weighted by molar-refractivity contribution is 0.618. The number of aryl methyl sites for hydroxylation is 1. The maximum Gasteiger partial charge on any atom is 0.201 e. The number of halogens is 2. The Morgan fingerprint density at radius 1 is 1.44 bits per heavy atom. The van der Waals surface area contributed by atoms with Crippen LogP contribution in [0.25, 0.3) is 11.3 Å². The number of benzene rings is 1. The molecule has 16 heavy (non-hydrogen) atoms. The molecule has 2 N–H and O–H groups in total. The van der Waals surface area contributed by atoms with Gasteiger partial charge in [-0.25, -0.2) is 9.37 Å². The number of nitrogens with zero attached hydrogens (tertiary/aromatic N) is 2. The SMILES string of the molecule is Cc1cc(-c2c(Cl)nc(N)n2C)ccc1F. The van der Waals surface area contributed by atoms with Crippen molar-refractivity contribution in [3.8, 4) is 11.3 Å². The molecule has 3 nitrogen and oxygen atoms in total. The fraction of sp³-hybridized carbons (Fsp3) is 0.182. The van der Waals surface area contributed by atoms with Crippen LogP contribution in [0.4, 0.5) is 10.3 Å². The highest BCUT2D eigenvalue weighted by Gasteiger charge is 2.13. The minimum Gasteiger partial charge on any atom is -0.369 e. The largest absolute Gasteiger partial charge is 0.369 e. The van der Waals surface area contributed by atoms with Crippen LogP contribution in [0.2, 0.25) is 5.15 Å². The molecule has 0 saturated heterocycles. The van der Waals surface area contributed by atoms with Gasteiger partial charge in [0.1, 0.15) is 5.82 Å². The smallest absolute Gasteiger partial charge is 0.201 e. The third kappa shape index (κ3) is 1.65. The second-order valence-corrected chi connectivity index (χ2v) is 3.99. The lowest BCUT2D eigenvalue weighted by Gasteiger charge is -2.05. The number of nitrogens with two attached hydrogens (primary N) is 1. The fourth-order valence-electron chi connectivity index (χ4n) is 1.59. The van der Waals surface area contributed by atoms with Crippen LogP contribution in [0.3, 0.4) is 0 Å². The summed E-state index contributed by atoms with van der Waals surface area (Å²) in [6.07, 6.45) is 0. The van der Waals surface area contributed by atoms with Crippen molar-refractivity contribution in [1.82, 2.24) is 9.55 Å². The second kappa shape index (κ2) is 3.79. The van der Waals surface area contributed by atoms with E-state index in [0.717, 1.165) is 5.56 Å². The summed E-state index contributed by atoms with van der Waals surface area (Å²) in [7, 11) is 1.77. The Morgan fingerprint density at radius 2 is 2.12 bits per heavy atom. The van der Waals surface area contributed by atoms with Crippen molar-refractivity contribution in [3.63, 3.8) is 0 Å². The molecule has 0 unspecified atom stereocenters. The molecule has 5 heteroatoms. The number of aromatic nitrogens is 2. The summed E-state index contributed by atoms with van der Waals surface area (Å²) >= 11 is 5.97. The summed E-state index contributed by atoms with van der Waals surface area (Å²) in [6.45, 7) is 1.70. The van der Waals surface area contributed by atoms with Gasteiger partial charge < -0.3 is 10.3 Å². The normalized spacial score (nSPS) is 10.8. The highest BCUT2D eigenvalue weighted by molar-refractivity contribution is 6.32. The Hall–Kier alpha value is -1.55. The fourth-order valence-corrected chi connectivity index (χ4v) is 1.91. The van der Waals surface area contributed by atoms with Crippen LogP contribution >= 0.6 is 11.6 Å². The molecule has 0 atom stereocenters. The van der Waals surface area contributed by atoms with Crippen LogP contribution in [-0.4, -0.2) is 9.55 Å². The van der Waals surface area contributed by atoms with Crippen molar-refractivity contribution in [1.29, 1.82) is 0 Å². The summed E-state index contributed by atoms with van der Waals surface area (Å²) in [4.78, 5) is 3.95. The van der Waals surface area contributed by atoms with Crippen LogP contribution in [0.15, 0.2) is 18.2 Å². The van der Waals surface area contributed by atoms with E-state index < -0.39 is 0 Å². The summed E-state index contributed by atoms with van der Waals surface area (Å²) in [5.41, 5.74) is 7.70. The number of imidazole rings is 1. The molecule has 0 aliphatic heterocycles. The maximum atomic E-state index is 13.1. The molecule has 0 spiro atoms. The van der Waals surface area contributed by atoms with Crippen molar-refractivity contribution in [2.75, 3.05) is 5.73 Å². The second-order valence-electron chi connectivity index (χ2n) is 3.63. The van der Waals surface area contributed by atoms with Gasteiger partial charge in [-0.05, 0) is 30.7 Å². The van der Waals surface area contributed by atoms with Gasteiger partial charge in [-0.1, -0.05) is 11.6 Å². The van der Waals surface area contributed by atoms with Gasteiger partial charge in [0.2, 0.25) is 5.95 Å². The molecule has 0 amide bonds. The van der Waals surface area contributed by atoms with Gasteiger partial charge in [-0.2, -0.15) is 0 Å². The summed E-state index contributed by atoms with van der Waals surface area (Å²) in [5.74, 6) is 0.0944. The predicted molar refractivity (Wildman–Crippen MR) is 62.8 cm³/mol. The van der Waals surface area contributed by atoms with Crippen LogP contribution in [-0.2, 0) is 7.05 Å². The molecule has 2 rings (SSSR count). The van der Waals surface area contributed by atoms with E-state index in [0.29, 0.717) is 22.4 Å². The van der Waals surface area contributed by atoms with E-state index in [1.165, 1.54) is 6.07 Å². The van der Waals surface area contributed by atoms with Gasteiger partial charge in [-0.3, -0.25) is 0 Å². The van der Waals surface area contributed by atoms with E-state index in [9.17, 15) is 4.39 Å². The zero-order chi connectivity index (χ0) is 11.9. The average Bonchev–Trinajstić information content (AvgIpc) is 2.47. The number of nitrogen functional groups attached to an aromatic ring is 1. The first-order chi connectivity index (χ1) is 7.50. The molecule has 0 saturated carbocycles. The molecule has 2 aromatic rings. The van der Waals surface area contributed by atoms with Crippen molar-refractivity contribution >= 4 is 17.5 Å². The van der Waals surface area contributed by atoms with Crippen molar-refractivity contribution in [2.45, 2.75) is 6.92 Å². The third-order valence-corrected chi connectivity index (χ3v) is 2.78. The van der Waals surface area contributed by atoms with E-state index in [1.54, 1.807) is 30.7 Å². The van der Waals surface area contributed by atoms with E-state index >= 15 is 0 Å². The summed E-state index contributed by atoms with van der Waals surface area (Å²) in [5, 5.41) is 0.325. The van der Waals surface area contributed by atoms with Crippen LogP contribution in [0.5, 0.6) is 0 Å². The Kier molecular flexibility index (Phi) is 2.59. The molecular weight excluding hydrogens is 229 g/mol. The standard InChI is InChI=1S/C11H11ClFN3/c1-6-5-7(3-4-8(6)13)9-10(12)15-11(14)16(9)2/h3-5H,1-2H3,(H2,14,15). The van der Waals surface area contributed by atoms with Gasteiger partial charge >= 0.3 is 0 Å². The molecule has 0 bridgehead atoms. The molecular formula is C11H11ClFN3. The minimum atomic E-state index is -0.241. The zero-order valence-corrected chi connectivity index (χ0v) is 9.72. The van der Waals surface area contributed by atoms with Gasteiger partial charge in [0.15, 0.2) is 5.15 Å². The highest BCUT2D eigenvalue weighted by Crippen LogP contribution is 2.29. The lowest BCUT2D eigenvalue weighted by Crippen LogP contribution is -1.98. The zero-order valence-electron chi connectivity index (χ0n) is 8.96. The van der Waals surface area contributed by atoms with Gasteiger partial charge in [0, 0.05) is 12.6 Å². The lowest BCUT2D eigenvalue weighted by atomic mass is 10.1. The van der Waals surface area contributed by atoms with Gasteiger partial charge in [-0.15, -0.1) is 0 Å². The Bertz CT molecular complexity index is 548. The van der Waals surface area contributed by atoms with Crippen LogP contribution in [0.1, 0.15) is 5.56 Å². The molecule has 1 aromatic carbocycles. The van der Waals surface area contributed by atoms with E-state index in [1.807, 2.05) is 0 Å². The van der Waals surface area contributed by atoms with Crippen LogP contribution in [0, 0.1) is 12.7 Å². The van der Waals surface area contributed by atoms with Crippen molar-refractivity contribution < 1.29 is 4.39 Å². The van der Waals surface area contributed by atoms with E-state index in [-0.39, 0.29) is 5.82 Å². The van der Waals surface area contributed by atoms with Gasteiger partial charge in [0.05, 0.1) is 5.69 Å². The van der Waals surface area contributed by atoms with Crippen molar-refractivity contribution in [2.24, 2.45) is 7.05 Å². The number of anilines is 1. The quantitative estimate of drug-likeness (QED) is 0.832. The predicted octanol–water partition coefficient (Wildman–Crippen LogP) is 2.77. The number of hydrogen-bond donors (Lipinski definition) is 1. The highest BCUT2D eigenvalue weighted by atomic mass is 35.5. The molecule has 0 radical (unpaired) electrons. The Balaban J connectivity index is 2.63. The first kappa shape index (κ1) is 11.0. The molecule has 0 fully saturated rings.